The molecule has 0 unspecified atom stereocenters. The van der Waals surface area contributed by atoms with Gasteiger partial charge in [-0.05, 0) is 59.0 Å². The Kier molecular flexibility index (Phi) is 9.48. The molecule has 0 amide bonds. The first-order chi connectivity index (χ1) is 18.9. The molecule has 0 heterocycles. The molecule has 0 aromatic heterocycles. The van der Waals surface area contributed by atoms with Crippen LogP contribution in [-0.4, -0.2) is 18.9 Å². The summed E-state index contributed by atoms with van der Waals surface area (Å²) >= 11 is 0. The summed E-state index contributed by atoms with van der Waals surface area (Å²) in [6, 6.07) is 58.0. The minimum Gasteiger partial charge on any atom is -0.0622 e. The Morgan fingerprint density at radius 3 is 0.949 bits per heavy atom. The van der Waals surface area contributed by atoms with E-state index in [1.165, 1.54) is 43.1 Å². The van der Waals surface area contributed by atoms with E-state index in [1.807, 2.05) is 0 Å². The van der Waals surface area contributed by atoms with Crippen molar-refractivity contribution in [1.29, 1.82) is 0 Å². The number of hydrogen-bond acceptors (Lipinski definition) is 0. The maximum Gasteiger partial charge on any atom is 0.00137 e. The van der Waals surface area contributed by atoms with E-state index in [2.05, 4.69) is 158 Å². The van der Waals surface area contributed by atoms with Crippen LogP contribution in [-0.2, 0) is 12.3 Å². The monoisotopic (exact) mass is 532 g/mol. The Balaban J connectivity index is 0.00000308. The van der Waals surface area contributed by atoms with Crippen LogP contribution in [0.15, 0.2) is 158 Å². The Bertz CT molecular complexity index is 1410. The minimum atomic E-state index is -0.515. The quantitative estimate of drug-likeness (QED) is 0.141. The van der Waals surface area contributed by atoms with Crippen LogP contribution in [0.5, 0.6) is 0 Å². The van der Waals surface area contributed by atoms with Crippen molar-refractivity contribution < 1.29 is 0 Å². The largest absolute Gasteiger partial charge is 0.0622 e. The molecule has 39 heavy (non-hydrogen) atoms. The van der Waals surface area contributed by atoms with Crippen LogP contribution in [0, 0.1) is 0 Å². The van der Waals surface area contributed by atoms with Gasteiger partial charge in [0, 0.05) is 12.3 Å². The molecule has 0 aliphatic carbocycles. The van der Waals surface area contributed by atoms with Gasteiger partial charge in [0.2, 0.25) is 0 Å². The standard InChI is InChI=1S/C36H30P2.Li.H/c1-5-19-32(20-6-1)37(33-21-7-2-8-22-33)27-30-17-13-15-29-16-14-18-31(36(29)30)28-38(34-23-9-3-10-24-34)35-25-11-4-12-26-35;;/h1-26H,27-28H2;;. The van der Waals surface area contributed by atoms with Gasteiger partial charge in [-0.3, -0.25) is 0 Å². The molecule has 0 fully saturated rings. The zero-order valence-corrected chi connectivity index (χ0v) is 23.1. The van der Waals surface area contributed by atoms with Gasteiger partial charge >= 0.3 is 18.9 Å². The van der Waals surface area contributed by atoms with E-state index in [4.69, 9.17) is 0 Å². The fourth-order valence-corrected chi connectivity index (χ4v) is 9.86. The van der Waals surface area contributed by atoms with E-state index < -0.39 is 15.8 Å². The van der Waals surface area contributed by atoms with Crippen LogP contribution in [0.3, 0.4) is 0 Å². The molecule has 186 valence electrons. The van der Waals surface area contributed by atoms with Gasteiger partial charge in [0.05, 0.1) is 0 Å². The summed E-state index contributed by atoms with van der Waals surface area (Å²) < 4.78 is 0. The van der Waals surface area contributed by atoms with Crippen LogP contribution in [0.2, 0.25) is 0 Å². The van der Waals surface area contributed by atoms with E-state index in [1.54, 1.807) is 0 Å². The van der Waals surface area contributed by atoms with Crippen molar-refractivity contribution in [2.75, 3.05) is 0 Å². The predicted octanol–water partition coefficient (Wildman–Crippen LogP) is 7.46. The Labute approximate surface area is 246 Å². The predicted molar refractivity (Wildman–Crippen MR) is 177 cm³/mol. The molecular weight excluding hydrogens is 501 g/mol. The molecule has 0 radical (unpaired) electrons. The first-order valence-corrected chi connectivity index (χ1v) is 16.2. The van der Waals surface area contributed by atoms with Gasteiger partial charge < -0.3 is 0 Å². The third-order valence-electron chi connectivity index (χ3n) is 7.01. The van der Waals surface area contributed by atoms with E-state index in [9.17, 15) is 0 Å². The van der Waals surface area contributed by atoms with Gasteiger partial charge in [0.15, 0.2) is 0 Å². The second kappa shape index (κ2) is 13.4. The van der Waals surface area contributed by atoms with Gasteiger partial charge in [-0.2, -0.15) is 0 Å². The molecule has 0 saturated carbocycles. The molecule has 0 N–H and O–H groups in total. The summed E-state index contributed by atoms with van der Waals surface area (Å²) in [5.74, 6) is 0. The molecule has 3 heteroatoms. The summed E-state index contributed by atoms with van der Waals surface area (Å²) in [5, 5.41) is 8.50. The van der Waals surface area contributed by atoms with Gasteiger partial charge in [-0.15, -0.1) is 0 Å². The van der Waals surface area contributed by atoms with Crippen molar-refractivity contribution in [3.63, 3.8) is 0 Å². The van der Waals surface area contributed by atoms with Gasteiger partial charge in [0.1, 0.15) is 0 Å². The van der Waals surface area contributed by atoms with Crippen molar-refractivity contribution in [2.45, 2.75) is 12.3 Å². The van der Waals surface area contributed by atoms with E-state index in [0.29, 0.717) is 0 Å². The molecule has 0 nitrogen and oxygen atoms in total. The van der Waals surface area contributed by atoms with Crippen LogP contribution in [0.25, 0.3) is 10.8 Å². The summed E-state index contributed by atoms with van der Waals surface area (Å²) in [5.41, 5.74) is 2.90. The fourth-order valence-electron chi connectivity index (χ4n) is 5.20. The Morgan fingerprint density at radius 2 is 0.641 bits per heavy atom. The van der Waals surface area contributed by atoms with Crippen molar-refractivity contribution in [1.82, 2.24) is 0 Å². The SMILES string of the molecule is [LiH].c1ccc(P(Cc2cccc3cccc(CP(c4ccccc4)c4ccccc4)c23)c2ccccc2)cc1. The second-order valence-electron chi connectivity index (χ2n) is 9.45. The van der Waals surface area contributed by atoms with Crippen molar-refractivity contribution >= 4 is 66.7 Å². The summed E-state index contributed by atoms with van der Waals surface area (Å²) in [6.07, 6.45) is 2.07. The van der Waals surface area contributed by atoms with Gasteiger partial charge in [-0.25, -0.2) is 0 Å². The molecule has 0 saturated heterocycles. The maximum absolute atomic E-state index is 2.36. The third kappa shape index (κ3) is 6.44. The van der Waals surface area contributed by atoms with E-state index in [-0.39, 0.29) is 18.9 Å². The van der Waals surface area contributed by atoms with Gasteiger partial charge in [0.25, 0.3) is 0 Å². The number of hydrogen-bond donors (Lipinski definition) is 0. The first kappa shape index (κ1) is 27.6. The van der Waals surface area contributed by atoms with Crippen LogP contribution >= 0.6 is 15.8 Å². The number of rotatable bonds is 8. The third-order valence-corrected chi connectivity index (χ3v) is 12.0. The molecule has 6 aromatic rings. The summed E-state index contributed by atoms with van der Waals surface area (Å²) in [6.45, 7) is 0. The molecule has 0 spiro atoms. The normalized spacial score (nSPS) is 11.0. The molecule has 6 rings (SSSR count). The summed E-state index contributed by atoms with van der Waals surface area (Å²) in [4.78, 5) is 0. The number of fused-ring (bicyclic) bond motifs is 1. The maximum atomic E-state index is 2.36. The molecule has 6 aromatic carbocycles. The molecule has 0 atom stereocenters. The van der Waals surface area contributed by atoms with E-state index in [0.717, 1.165) is 12.3 Å². The second-order valence-corrected chi connectivity index (χ2v) is 13.9. The van der Waals surface area contributed by atoms with Crippen molar-refractivity contribution in [3.8, 4) is 0 Å². The molecule has 0 aliphatic rings. The molecule has 0 aliphatic heterocycles. The molecule has 0 bridgehead atoms. The zero-order valence-electron chi connectivity index (χ0n) is 21.3. The van der Waals surface area contributed by atoms with Crippen molar-refractivity contribution in [3.05, 3.63) is 169 Å². The number of benzene rings is 6. The topological polar surface area (TPSA) is 0 Å². The van der Waals surface area contributed by atoms with Crippen LogP contribution in [0.4, 0.5) is 0 Å². The zero-order chi connectivity index (χ0) is 25.6. The minimum absolute atomic E-state index is 0. The fraction of sp³-hybridized carbons (Fsp3) is 0.0556. The molecular formula is C36H31LiP2. The first-order valence-electron chi connectivity index (χ1n) is 13.1. The average molecular weight is 533 g/mol. The Morgan fingerprint density at radius 1 is 0.333 bits per heavy atom. The average Bonchev–Trinajstić information content (AvgIpc) is 3.00. The Hall–Kier alpha value is -2.96. The van der Waals surface area contributed by atoms with E-state index >= 15 is 0 Å². The summed E-state index contributed by atoms with van der Waals surface area (Å²) in [7, 11) is -1.03. The van der Waals surface area contributed by atoms with Crippen LogP contribution < -0.4 is 21.2 Å². The van der Waals surface area contributed by atoms with Crippen LogP contribution in [0.1, 0.15) is 11.1 Å². The van der Waals surface area contributed by atoms with Gasteiger partial charge in [-0.1, -0.05) is 158 Å². The van der Waals surface area contributed by atoms with Crippen molar-refractivity contribution in [2.24, 2.45) is 0 Å². The smallest absolute Gasteiger partial charge is 0.00137 e.